The predicted molar refractivity (Wildman–Crippen MR) is 65.2 cm³/mol. The molecule has 0 fully saturated rings. The van der Waals surface area contributed by atoms with Gasteiger partial charge in [0, 0.05) is 0 Å². The fourth-order valence-electron chi connectivity index (χ4n) is 1.51. The van der Waals surface area contributed by atoms with Crippen molar-refractivity contribution in [3.05, 3.63) is 59.7 Å². The molecule has 0 aliphatic heterocycles. The van der Waals surface area contributed by atoms with Crippen LogP contribution in [0.25, 0.3) is 12.2 Å². The van der Waals surface area contributed by atoms with Crippen LogP contribution >= 0.6 is 0 Å². The number of hydrogen-bond acceptors (Lipinski definition) is 0. The van der Waals surface area contributed by atoms with E-state index in [1.54, 1.807) is 6.08 Å². The highest BCUT2D eigenvalue weighted by Gasteiger charge is 2.02. The van der Waals surface area contributed by atoms with E-state index in [9.17, 15) is 0 Å². The summed E-state index contributed by atoms with van der Waals surface area (Å²) < 4.78 is 0. The summed E-state index contributed by atoms with van der Waals surface area (Å²) in [6.07, 6.45) is 7.72. The SMILES string of the molecule is C=C/C=C\c1c(C)ccc(C)c1C=C. The Morgan fingerprint density at radius 1 is 1.00 bits per heavy atom. The van der Waals surface area contributed by atoms with Crippen LogP contribution in [0.5, 0.6) is 0 Å². The van der Waals surface area contributed by atoms with Crippen LogP contribution in [0.3, 0.4) is 0 Å². The quantitative estimate of drug-likeness (QED) is 0.619. The molecule has 0 bridgehead atoms. The second-order valence-corrected chi connectivity index (χ2v) is 3.33. The van der Waals surface area contributed by atoms with Crippen molar-refractivity contribution in [3.63, 3.8) is 0 Å². The standard InChI is InChI=1S/C14H16/c1-5-7-8-14-12(4)10-9-11(3)13(14)6-2/h5-10H,1-2H2,3-4H3/b8-7-. The fraction of sp³-hybridized carbons (Fsp3) is 0.143. The maximum atomic E-state index is 3.84. The molecule has 0 aromatic heterocycles. The van der Waals surface area contributed by atoms with Crippen molar-refractivity contribution in [2.24, 2.45) is 0 Å². The molecular formula is C14H16. The molecule has 0 nitrogen and oxygen atoms in total. The second kappa shape index (κ2) is 4.61. The Morgan fingerprint density at radius 3 is 2.07 bits per heavy atom. The summed E-state index contributed by atoms with van der Waals surface area (Å²) >= 11 is 0. The van der Waals surface area contributed by atoms with E-state index in [1.165, 1.54) is 22.3 Å². The number of aryl methyl sites for hydroxylation is 2. The molecule has 0 saturated carbocycles. The first kappa shape index (κ1) is 10.5. The van der Waals surface area contributed by atoms with Gasteiger partial charge in [-0.05, 0) is 36.1 Å². The largest absolute Gasteiger partial charge is 0.0991 e. The first-order chi connectivity index (χ1) is 6.70. The van der Waals surface area contributed by atoms with Crippen LogP contribution in [0.4, 0.5) is 0 Å². The Bertz CT molecular complexity index is 381. The van der Waals surface area contributed by atoms with Crippen LogP contribution in [0, 0.1) is 13.8 Å². The van der Waals surface area contributed by atoms with Crippen LogP contribution in [-0.4, -0.2) is 0 Å². The first-order valence-corrected chi connectivity index (χ1v) is 4.72. The molecule has 1 aromatic rings. The van der Waals surface area contributed by atoms with E-state index in [-0.39, 0.29) is 0 Å². The molecule has 1 aromatic carbocycles. The van der Waals surface area contributed by atoms with E-state index >= 15 is 0 Å². The maximum absolute atomic E-state index is 3.84. The van der Waals surface area contributed by atoms with E-state index in [4.69, 9.17) is 0 Å². The summed E-state index contributed by atoms with van der Waals surface area (Å²) in [5.74, 6) is 0. The van der Waals surface area contributed by atoms with Crippen molar-refractivity contribution in [3.8, 4) is 0 Å². The van der Waals surface area contributed by atoms with Crippen LogP contribution in [-0.2, 0) is 0 Å². The molecule has 0 aliphatic carbocycles. The molecule has 0 atom stereocenters. The normalized spacial score (nSPS) is 10.4. The molecule has 0 heterocycles. The van der Waals surface area contributed by atoms with Gasteiger partial charge in [0.1, 0.15) is 0 Å². The van der Waals surface area contributed by atoms with Crippen LogP contribution in [0.2, 0.25) is 0 Å². The third-order valence-corrected chi connectivity index (χ3v) is 2.33. The number of allylic oxidation sites excluding steroid dienone is 2. The highest BCUT2D eigenvalue weighted by molar-refractivity contribution is 5.69. The van der Waals surface area contributed by atoms with Crippen LogP contribution in [0.15, 0.2) is 37.4 Å². The highest BCUT2D eigenvalue weighted by Crippen LogP contribution is 2.21. The van der Waals surface area contributed by atoms with E-state index < -0.39 is 0 Å². The zero-order valence-electron chi connectivity index (χ0n) is 8.88. The van der Waals surface area contributed by atoms with E-state index in [0.29, 0.717) is 0 Å². The summed E-state index contributed by atoms with van der Waals surface area (Å²) in [5, 5.41) is 0. The maximum Gasteiger partial charge on any atom is -0.0152 e. The minimum atomic E-state index is 1.21. The van der Waals surface area contributed by atoms with E-state index in [1.807, 2.05) is 12.2 Å². The van der Waals surface area contributed by atoms with Gasteiger partial charge < -0.3 is 0 Å². The summed E-state index contributed by atoms with van der Waals surface area (Å²) in [5.41, 5.74) is 4.97. The van der Waals surface area contributed by atoms with Gasteiger partial charge in [-0.25, -0.2) is 0 Å². The molecular weight excluding hydrogens is 168 g/mol. The van der Waals surface area contributed by atoms with Gasteiger partial charge in [-0.1, -0.05) is 49.6 Å². The summed E-state index contributed by atoms with van der Waals surface area (Å²) in [6, 6.07) is 4.25. The van der Waals surface area contributed by atoms with E-state index in [2.05, 4.69) is 45.2 Å². The zero-order valence-corrected chi connectivity index (χ0v) is 8.88. The third kappa shape index (κ3) is 2.02. The van der Waals surface area contributed by atoms with Gasteiger partial charge in [0.2, 0.25) is 0 Å². The third-order valence-electron chi connectivity index (χ3n) is 2.33. The molecule has 0 N–H and O–H groups in total. The topological polar surface area (TPSA) is 0 Å². The van der Waals surface area contributed by atoms with Gasteiger partial charge in [-0.15, -0.1) is 0 Å². The van der Waals surface area contributed by atoms with Crippen molar-refractivity contribution in [2.45, 2.75) is 13.8 Å². The summed E-state index contributed by atoms with van der Waals surface area (Å²) in [7, 11) is 0. The van der Waals surface area contributed by atoms with Crippen molar-refractivity contribution in [2.75, 3.05) is 0 Å². The monoisotopic (exact) mass is 184 g/mol. The minimum Gasteiger partial charge on any atom is -0.0991 e. The van der Waals surface area contributed by atoms with E-state index in [0.717, 1.165) is 0 Å². The molecule has 14 heavy (non-hydrogen) atoms. The van der Waals surface area contributed by atoms with Crippen molar-refractivity contribution >= 4 is 12.2 Å². The molecule has 0 spiro atoms. The summed E-state index contributed by atoms with van der Waals surface area (Å²) in [4.78, 5) is 0. The highest BCUT2D eigenvalue weighted by atomic mass is 14.1. The molecule has 0 saturated heterocycles. The van der Waals surface area contributed by atoms with Crippen LogP contribution in [0.1, 0.15) is 22.3 Å². The predicted octanol–water partition coefficient (Wildman–Crippen LogP) is 4.15. The van der Waals surface area contributed by atoms with Gasteiger partial charge in [0.25, 0.3) is 0 Å². The average Bonchev–Trinajstić information content (AvgIpc) is 2.19. The number of hydrogen-bond donors (Lipinski definition) is 0. The second-order valence-electron chi connectivity index (χ2n) is 3.33. The molecule has 1 rings (SSSR count). The smallest absolute Gasteiger partial charge is 0.0152 e. The lowest BCUT2D eigenvalue weighted by molar-refractivity contribution is 1.35. The molecule has 0 unspecified atom stereocenters. The Labute approximate surface area is 86.3 Å². The van der Waals surface area contributed by atoms with Crippen molar-refractivity contribution in [1.82, 2.24) is 0 Å². The van der Waals surface area contributed by atoms with Gasteiger partial charge in [0.15, 0.2) is 0 Å². The van der Waals surface area contributed by atoms with Crippen LogP contribution < -0.4 is 0 Å². The molecule has 0 amide bonds. The molecule has 0 radical (unpaired) electrons. The molecule has 0 heteroatoms. The average molecular weight is 184 g/mol. The number of rotatable bonds is 3. The van der Waals surface area contributed by atoms with Crippen molar-refractivity contribution < 1.29 is 0 Å². The lowest BCUT2D eigenvalue weighted by Gasteiger charge is -2.08. The Morgan fingerprint density at radius 2 is 1.57 bits per heavy atom. The zero-order chi connectivity index (χ0) is 10.6. The lowest BCUT2D eigenvalue weighted by Crippen LogP contribution is -1.89. The first-order valence-electron chi connectivity index (χ1n) is 4.72. The summed E-state index contributed by atoms with van der Waals surface area (Å²) in [6.45, 7) is 11.7. The Hall–Kier alpha value is -1.56. The molecule has 0 aliphatic rings. The number of benzene rings is 1. The fourth-order valence-corrected chi connectivity index (χ4v) is 1.51. The Kier molecular flexibility index (Phi) is 3.47. The van der Waals surface area contributed by atoms with Gasteiger partial charge >= 0.3 is 0 Å². The van der Waals surface area contributed by atoms with Crippen molar-refractivity contribution in [1.29, 1.82) is 0 Å². The van der Waals surface area contributed by atoms with Gasteiger partial charge in [-0.2, -0.15) is 0 Å². The molecule has 72 valence electrons. The van der Waals surface area contributed by atoms with Gasteiger partial charge in [-0.3, -0.25) is 0 Å². The Balaban J connectivity index is 3.36. The van der Waals surface area contributed by atoms with Gasteiger partial charge in [0.05, 0.1) is 0 Å². The lowest BCUT2D eigenvalue weighted by atomic mass is 9.97. The minimum absolute atomic E-state index is 1.21.